The fraction of sp³-hybridized carbons (Fsp3) is 0.182. The molecule has 2 N–H and O–H groups in total. The van der Waals surface area contributed by atoms with Gasteiger partial charge >= 0.3 is 0 Å². The third-order valence-electron chi connectivity index (χ3n) is 4.19. The van der Waals surface area contributed by atoms with Gasteiger partial charge in [-0.3, -0.25) is 4.79 Å². The number of benzene rings is 3. The number of fused-ring (bicyclic) bond motifs is 1. The summed E-state index contributed by atoms with van der Waals surface area (Å²) in [6.07, 6.45) is 3.60. The minimum Gasteiger partial charge on any atom is -0.507 e. The Balaban J connectivity index is 1.85. The van der Waals surface area contributed by atoms with E-state index in [1.165, 1.54) is 12.1 Å². The van der Waals surface area contributed by atoms with Crippen molar-refractivity contribution in [2.24, 2.45) is 5.10 Å². The fourth-order valence-corrected chi connectivity index (χ4v) is 2.74. The van der Waals surface area contributed by atoms with Crippen LogP contribution in [0.3, 0.4) is 0 Å². The van der Waals surface area contributed by atoms with E-state index in [9.17, 15) is 9.90 Å². The maximum Gasteiger partial charge on any atom is 0.275 e. The highest BCUT2D eigenvalue weighted by atomic mass is 16.5. The molecule has 0 heterocycles. The summed E-state index contributed by atoms with van der Waals surface area (Å²) < 4.78 is 5.90. The summed E-state index contributed by atoms with van der Waals surface area (Å²) in [6, 6.07) is 18.2. The molecule has 0 unspecified atom stereocenters. The molecule has 0 aliphatic rings. The van der Waals surface area contributed by atoms with E-state index >= 15 is 0 Å². The van der Waals surface area contributed by atoms with Crippen LogP contribution in [0.4, 0.5) is 0 Å². The number of para-hydroxylation sites is 1. The Morgan fingerprint density at radius 3 is 2.70 bits per heavy atom. The van der Waals surface area contributed by atoms with Crippen LogP contribution in [0.5, 0.6) is 11.5 Å². The largest absolute Gasteiger partial charge is 0.507 e. The molecule has 0 aromatic heterocycles. The standard InChI is InChI=1S/C22H22N2O3/c1-2-3-14-27-21-13-12-16-8-4-5-9-17(16)19(21)15-23-24-22(26)18-10-6-7-11-20(18)25/h4-13,15,25H,2-3,14H2,1H3,(H,24,26)/b23-15+. The molecule has 27 heavy (non-hydrogen) atoms. The van der Waals surface area contributed by atoms with Gasteiger partial charge in [-0.05, 0) is 35.4 Å². The summed E-state index contributed by atoms with van der Waals surface area (Å²) >= 11 is 0. The van der Waals surface area contributed by atoms with Crippen LogP contribution in [0.1, 0.15) is 35.7 Å². The Labute approximate surface area is 158 Å². The molecule has 0 atom stereocenters. The maximum atomic E-state index is 12.2. The lowest BCUT2D eigenvalue weighted by molar-refractivity contribution is 0.0952. The average molecular weight is 362 g/mol. The molecule has 3 aromatic carbocycles. The van der Waals surface area contributed by atoms with Crippen LogP contribution in [0.15, 0.2) is 65.8 Å². The quantitative estimate of drug-likeness (QED) is 0.370. The Morgan fingerprint density at radius 1 is 1.11 bits per heavy atom. The van der Waals surface area contributed by atoms with Gasteiger partial charge in [0.05, 0.1) is 18.4 Å². The van der Waals surface area contributed by atoms with E-state index in [1.807, 2.05) is 36.4 Å². The van der Waals surface area contributed by atoms with E-state index in [-0.39, 0.29) is 11.3 Å². The highest BCUT2D eigenvalue weighted by molar-refractivity contribution is 6.03. The molecule has 0 saturated heterocycles. The Kier molecular flexibility index (Phi) is 6.05. The van der Waals surface area contributed by atoms with E-state index in [0.717, 1.165) is 34.9 Å². The van der Waals surface area contributed by atoms with Crippen molar-refractivity contribution in [1.29, 1.82) is 0 Å². The predicted octanol–water partition coefficient (Wildman–Crippen LogP) is 4.49. The minimum atomic E-state index is -0.474. The van der Waals surface area contributed by atoms with Crippen molar-refractivity contribution in [2.75, 3.05) is 6.61 Å². The van der Waals surface area contributed by atoms with Crippen LogP contribution in [0.2, 0.25) is 0 Å². The molecule has 0 fully saturated rings. The number of carbonyl (C=O) groups excluding carboxylic acids is 1. The van der Waals surface area contributed by atoms with Crippen LogP contribution < -0.4 is 10.2 Å². The Bertz CT molecular complexity index is 967. The zero-order valence-electron chi connectivity index (χ0n) is 15.2. The SMILES string of the molecule is CCCCOc1ccc2ccccc2c1/C=N/NC(=O)c1ccccc1O. The van der Waals surface area contributed by atoms with Gasteiger partial charge in [-0.2, -0.15) is 5.10 Å². The number of carbonyl (C=O) groups is 1. The molecule has 0 bridgehead atoms. The number of hydrogen-bond donors (Lipinski definition) is 2. The topological polar surface area (TPSA) is 70.9 Å². The number of phenols is 1. The van der Waals surface area contributed by atoms with Gasteiger partial charge in [0.2, 0.25) is 0 Å². The molecule has 0 aliphatic carbocycles. The van der Waals surface area contributed by atoms with Gasteiger partial charge in [0.1, 0.15) is 11.5 Å². The van der Waals surface area contributed by atoms with Crippen LogP contribution in [0, 0.1) is 0 Å². The lowest BCUT2D eigenvalue weighted by Crippen LogP contribution is -2.17. The first kappa shape index (κ1) is 18.5. The van der Waals surface area contributed by atoms with E-state index in [1.54, 1.807) is 18.3 Å². The first-order chi connectivity index (χ1) is 13.2. The van der Waals surface area contributed by atoms with Crippen molar-refractivity contribution in [1.82, 2.24) is 5.43 Å². The number of phenolic OH excluding ortho intramolecular Hbond substituents is 1. The molecule has 0 aliphatic heterocycles. The summed E-state index contributed by atoms with van der Waals surface area (Å²) in [7, 11) is 0. The number of hydrogen-bond acceptors (Lipinski definition) is 4. The Hall–Kier alpha value is -3.34. The van der Waals surface area contributed by atoms with Gasteiger partial charge in [-0.1, -0.05) is 55.8 Å². The second-order valence-electron chi connectivity index (χ2n) is 6.12. The molecular weight excluding hydrogens is 340 g/mol. The van der Waals surface area contributed by atoms with E-state index < -0.39 is 5.91 Å². The number of nitrogens with one attached hydrogen (secondary N) is 1. The fourth-order valence-electron chi connectivity index (χ4n) is 2.74. The van der Waals surface area contributed by atoms with Crippen LogP contribution in [-0.4, -0.2) is 23.8 Å². The third kappa shape index (κ3) is 4.44. The monoisotopic (exact) mass is 362 g/mol. The van der Waals surface area contributed by atoms with Gasteiger partial charge in [0.25, 0.3) is 5.91 Å². The van der Waals surface area contributed by atoms with E-state index in [2.05, 4.69) is 17.5 Å². The molecule has 3 rings (SSSR count). The molecule has 138 valence electrons. The van der Waals surface area contributed by atoms with Crippen molar-refractivity contribution in [3.8, 4) is 11.5 Å². The summed E-state index contributed by atoms with van der Waals surface area (Å²) in [5.74, 6) is 0.166. The van der Waals surface area contributed by atoms with Crippen molar-refractivity contribution in [3.63, 3.8) is 0 Å². The van der Waals surface area contributed by atoms with Crippen LogP contribution in [0.25, 0.3) is 10.8 Å². The summed E-state index contributed by atoms with van der Waals surface area (Å²) in [5, 5.41) is 15.9. The van der Waals surface area contributed by atoms with Crippen molar-refractivity contribution in [3.05, 3.63) is 71.8 Å². The van der Waals surface area contributed by atoms with Gasteiger partial charge in [-0.25, -0.2) is 5.43 Å². The van der Waals surface area contributed by atoms with Gasteiger partial charge in [0.15, 0.2) is 0 Å². The zero-order valence-corrected chi connectivity index (χ0v) is 15.2. The van der Waals surface area contributed by atoms with Gasteiger partial charge in [0, 0.05) is 5.56 Å². The van der Waals surface area contributed by atoms with Crippen molar-refractivity contribution in [2.45, 2.75) is 19.8 Å². The highest BCUT2D eigenvalue weighted by Crippen LogP contribution is 2.27. The normalized spacial score (nSPS) is 11.0. The number of hydrazone groups is 1. The average Bonchev–Trinajstić information content (AvgIpc) is 2.69. The summed E-state index contributed by atoms with van der Waals surface area (Å²) in [5.41, 5.74) is 3.44. The molecule has 1 amide bonds. The molecule has 5 nitrogen and oxygen atoms in total. The molecular formula is C22H22N2O3. The predicted molar refractivity (Wildman–Crippen MR) is 108 cm³/mol. The second-order valence-corrected chi connectivity index (χ2v) is 6.12. The summed E-state index contributed by atoms with van der Waals surface area (Å²) in [4.78, 5) is 12.2. The number of rotatable bonds is 7. The molecule has 0 radical (unpaired) electrons. The zero-order chi connectivity index (χ0) is 19.1. The third-order valence-corrected chi connectivity index (χ3v) is 4.19. The lowest BCUT2D eigenvalue weighted by Gasteiger charge is -2.11. The summed E-state index contributed by atoms with van der Waals surface area (Å²) in [6.45, 7) is 2.74. The smallest absolute Gasteiger partial charge is 0.275 e. The van der Waals surface area contributed by atoms with Gasteiger partial charge in [-0.15, -0.1) is 0 Å². The van der Waals surface area contributed by atoms with Crippen molar-refractivity contribution < 1.29 is 14.6 Å². The Morgan fingerprint density at radius 2 is 1.89 bits per heavy atom. The van der Waals surface area contributed by atoms with E-state index in [0.29, 0.717) is 6.61 Å². The molecule has 0 spiro atoms. The van der Waals surface area contributed by atoms with Gasteiger partial charge < -0.3 is 9.84 Å². The molecule has 5 heteroatoms. The number of unbranched alkanes of at least 4 members (excludes halogenated alkanes) is 1. The maximum absolute atomic E-state index is 12.2. The van der Waals surface area contributed by atoms with E-state index in [4.69, 9.17) is 4.74 Å². The number of amides is 1. The molecule has 3 aromatic rings. The van der Waals surface area contributed by atoms with Crippen LogP contribution >= 0.6 is 0 Å². The van der Waals surface area contributed by atoms with Crippen molar-refractivity contribution >= 4 is 22.9 Å². The first-order valence-corrected chi connectivity index (χ1v) is 8.96. The minimum absolute atomic E-state index is 0.0843. The van der Waals surface area contributed by atoms with Crippen LogP contribution in [-0.2, 0) is 0 Å². The lowest BCUT2D eigenvalue weighted by atomic mass is 10.0. The highest BCUT2D eigenvalue weighted by Gasteiger charge is 2.10. The first-order valence-electron chi connectivity index (χ1n) is 8.96. The number of aromatic hydroxyl groups is 1. The molecule has 0 saturated carbocycles. The number of ether oxygens (including phenoxy) is 1. The second kappa shape index (κ2) is 8.85. The number of nitrogens with zero attached hydrogens (tertiary/aromatic N) is 1.